The van der Waals surface area contributed by atoms with E-state index < -0.39 is 5.91 Å². The Kier molecular flexibility index (Phi) is 6.30. The molecule has 0 atom stereocenters. The number of amides is 1. The van der Waals surface area contributed by atoms with Crippen LogP contribution in [-0.4, -0.2) is 52.3 Å². The third-order valence-electron chi connectivity index (χ3n) is 5.60. The lowest BCUT2D eigenvalue weighted by molar-refractivity contribution is 0.0999. The molecule has 1 fully saturated rings. The molecule has 0 spiro atoms. The molecule has 2 N–H and O–H groups in total. The van der Waals surface area contributed by atoms with Crippen LogP contribution in [0.25, 0.3) is 0 Å². The van der Waals surface area contributed by atoms with Gasteiger partial charge in [0.25, 0.3) is 0 Å². The third-order valence-corrected chi connectivity index (χ3v) is 5.60. The van der Waals surface area contributed by atoms with Crippen molar-refractivity contribution in [3.63, 3.8) is 0 Å². The van der Waals surface area contributed by atoms with Crippen molar-refractivity contribution in [3.05, 3.63) is 34.8 Å². The molecule has 2 aromatic heterocycles. The first-order valence-corrected chi connectivity index (χ1v) is 10.2. The van der Waals surface area contributed by atoms with E-state index in [1.807, 2.05) is 7.05 Å². The van der Waals surface area contributed by atoms with E-state index in [1.54, 1.807) is 6.07 Å². The molecule has 0 radical (unpaired) electrons. The lowest BCUT2D eigenvalue weighted by Gasteiger charge is -2.37. The van der Waals surface area contributed by atoms with E-state index in [9.17, 15) is 4.79 Å². The molecule has 0 unspecified atom stereocenters. The van der Waals surface area contributed by atoms with Gasteiger partial charge in [-0.05, 0) is 50.7 Å². The molecule has 0 saturated carbocycles. The summed E-state index contributed by atoms with van der Waals surface area (Å²) in [5.74, 6) is 1.59. The smallest absolute Gasteiger partial charge is 0.250 e. The molecule has 1 aliphatic rings. The first kappa shape index (κ1) is 21.0. The van der Waals surface area contributed by atoms with Crippen molar-refractivity contribution in [2.45, 2.75) is 53.0 Å². The Labute approximate surface area is 172 Å². The molecule has 29 heavy (non-hydrogen) atoms. The van der Waals surface area contributed by atoms with Crippen LogP contribution in [0.1, 0.15) is 54.0 Å². The summed E-state index contributed by atoms with van der Waals surface area (Å²) >= 11 is 0. The number of carbonyl (C=O) groups excluding carboxylic acids is 1. The Morgan fingerprint density at radius 2 is 1.86 bits per heavy atom. The normalized spacial score (nSPS) is 15.0. The highest BCUT2D eigenvalue weighted by Gasteiger charge is 2.26. The number of piperidine rings is 1. The van der Waals surface area contributed by atoms with E-state index in [0.29, 0.717) is 23.3 Å². The van der Waals surface area contributed by atoms with Crippen molar-refractivity contribution < 1.29 is 4.79 Å². The Morgan fingerprint density at radius 3 is 2.41 bits per heavy atom. The number of nitrogens with zero attached hydrogens (tertiary/aromatic N) is 6. The molecule has 8 nitrogen and oxygen atoms in total. The van der Waals surface area contributed by atoms with E-state index in [4.69, 9.17) is 15.7 Å². The van der Waals surface area contributed by atoms with Crippen molar-refractivity contribution >= 4 is 17.7 Å². The highest BCUT2D eigenvalue weighted by molar-refractivity contribution is 5.93. The first-order valence-electron chi connectivity index (χ1n) is 10.2. The lowest BCUT2D eigenvalue weighted by atomic mass is 10.0. The number of aryl methyl sites for hydroxylation is 2. The number of rotatable bonds is 6. The van der Waals surface area contributed by atoms with Crippen LogP contribution in [0.2, 0.25) is 0 Å². The average molecular weight is 398 g/mol. The largest absolute Gasteiger partial charge is 0.366 e. The number of hydrogen-bond donors (Lipinski definition) is 1. The fourth-order valence-corrected chi connectivity index (χ4v) is 3.87. The molecule has 0 aliphatic carbocycles. The molecular formula is C21H31N7O. The van der Waals surface area contributed by atoms with Crippen molar-refractivity contribution in [3.8, 4) is 0 Å². The zero-order valence-electron chi connectivity index (χ0n) is 18.0. The Bertz CT molecular complexity index is 852. The molecule has 0 bridgehead atoms. The maximum atomic E-state index is 11.4. The zero-order chi connectivity index (χ0) is 21.1. The van der Waals surface area contributed by atoms with Gasteiger partial charge in [-0.3, -0.25) is 4.79 Å². The topological polar surface area (TPSA) is 101 Å². The number of aromatic nitrogens is 4. The van der Waals surface area contributed by atoms with Gasteiger partial charge in [-0.15, -0.1) is 5.10 Å². The second-order valence-electron chi connectivity index (χ2n) is 8.27. The Balaban J connectivity index is 1.67. The van der Waals surface area contributed by atoms with Gasteiger partial charge in [0.1, 0.15) is 0 Å². The summed E-state index contributed by atoms with van der Waals surface area (Å²) < 4.78 is 0. The monoisotopic (exact) mass is 397 g/mol. The van der Waals surface area contributed by atoms with Crippen LogP contribution in [-0.2, 0) is 6.42 Å². The minimum atomic E-state index is -0.492. The van der Waals surface area contributed by atoms with Gasteiger partial charge in [-0.2, -0.15) is 5.10 Å². The van der Waals surface area contributed by atoms with E-state index in [2.05, 4.69) is 47.7 Å². The summed E-state index contributed by atoms with van der Waals surface area (Å²) in [6.45, 7) is 10.4. The maximum Gasteiger partial charge on any atom is 0.250 e. The molecule has 0 aromatic carbocycles. The van der Waals surface area contributed by atoms with Crippen LogP contribution in [0.3, 0.4) is 0 Å². The van der Waals surface area contributed by atoms with Crippen molar-refractivity contribution in [1.29, 1.82) is 0 Å². The van der Waals surface area contributed by atoms with Gasteiger partial charge in [-0.1, -0.05) is 13.8 Å². The summed E-state index contributed by atoms with van der Waals surface area (Å²) in [6, 6.07) is 2.01. The molecule has 8 heteroatoms. The number of carbonyl (C=O) groups is 1. The second kappa shape index (κ2) is 8.71. The average Bonchev–Trinajstić information content (AvgIpc) is 2.70. The standard InChI is InChI=1S/C21H31N7O/c1-13(2)10-18-14(3)24-21(25-15(18)4)28-8-6-17(7-9-28)27(5)19-11-16(20(22)29)12-23-26-19/h11-13,17H,6-10H2,1-5H3,(H2,22,29). The summed E-state index contributed by atoms with van der Waals surface area (Å²) in [5, 5.41) is 8.07. The predicted octanol–water partition coefficient (Wildman–Crippen LogP) is 2.29. The van der Waals surface area contributed by atoms with Gasteiger partial charge >= 0.3 is 0 Å². The number of primary amides is 1. The van der Waals surface area contributed by atoms with Crippen LogP contribution in [0, 0.1) is 19.8 Å². The molecule has 1 amide bonds. The fourth-order valence-electron chi connectivity index (χ4n) is 3.87. The third kappa shape index (κ3) is 4.81. The van der Waals surface area contributed by atoms with Gasteiger partial charge in [-0.25, -0.2) is 9.97 Å². The van der Waals surface area contributed by atoms with Crippen LogP contribution in [0.15, 0.2) is 12.3 Å². The minimum Gasteiger partial charge on any atom is -0.366 e. The Morgan fingerprint density at radius 1 is 1.24 bits per heavy atom. The van der Waals surface area contributed by atoms with Gasteiger partial charge in [0.05, 0.1) is 11.8 Å². The van der Waals surface area contributed by atoms with Crippen LogP contribution in [0.4, 0.5) is 11.8 Å². The van der Waals surface area contributed by atoms with Crippen LogP contribution >= 0.6 is 0 Å². The van der Waals surface area contributed by atoms with E-state index in [-0.39, 0.29) is 0 Å². The van der Waals surface area contributed by atoms with Gasteiger partial charge in [0.15, 0.2) is 5.82 Å². The summed E-state index contributed by atoms with van der Waals surface area (Å²) in [5.41, 5.74) is 9.17. The minimum absolute atomic E-state index is 0.311. The quantitative estimate of drug-likeness (QED) is 0.798. The van der Waals surface area contributed by atoms with Gasteiger partial charge < -0.3 is 15.5 Å². The van der Waals surface area contributed by atoms with E-state index in [0.717, 1.165) is 49.7 Å². The molecule has 1 aliphatic heterocycles. The van der Waals surface area contributed by atoms with Crippen molar-refractivity contribution in [1.82, 2.24) is 20.2 Å². The zero-order valence-corrected chi connectivity index (χ0v) is 18.0. The summed E-state index contributed by atoms with van der Waals surface area (Å²) in [4.78, 5) is 25.3. The first-order chi connectivity index (χ1) is 13.8. The second-order valence-corrected chi connectivity index (χ2v) is 8.27. The number of hydrogen-bond acceptors (Lipinski definition) is 7. The predicted molar refractivity (Wildman–Crippen MR) is 114 cm³/mol. The molecular weight excluding hydrogens is 366 g/mol. The SMILES string of the molecule is Cc1nc(N2CCC(N(C)c3cc(C(N)=O)cnn3)CC2)nc(C)c1CC(C)C. The number of anilines is 2. The highest BCUT2D eigenvalue weighted by atomic mass is 16.1. The molecule has 156 valence electrons. The van der Waals surface area contributed by atoms with Crippen molar-refractivity contribution in [2.24, 2.45) is 11.7 Å². The summed E-state index contributed by atoms with van der Waals surface area (Å²) in [6.07, 6.45) is 4.31. The van der Waals surface area contributed by atoms with Gasteiger partial charge in [0.2, 0.25) is 11.9 Å². The maximum absolute atomic E-state index is 11.4. The van der Waals surface area contributed by atoms with Crippen LogP contribution in [0.5, 0.6) is 0 Å². The fraction of sp³-hybridized carbons (Fsp3) is 0.571. The summed E-state index contributed by atoms with van der Waals surface area (Å²) in [7, 11) is 1.99. The number of nitrogens with two attached hydrogens (primary N) is 1. The molecule has 3 heterocycles. The van der Waals surface area contributed by atoms with Crippen molar-refractivity contribution in [2.75, 3.05) is 29.9 Å². The molecule has 2 aromatic rings. The van der Waals surface area contributed by atoms with Crippen LogP contribution < -0.4 is 15.5 Å². The molecule has 3 rings (SSSR count). The molecule has 1 saturated heterocycles. The Hall–Kier alpha value is -2.77. The highest BCUT2D eigenvalue weighted by Crippen LogP contribution is 2.24. The van der Waals surface area contributed by atoms with E-state index >= 15 is 0 Å². The van der Waals surface area contributed by atoms with Gasteiger partial charge in [0, 0.05) is 37.6 Å². The van der Waals surface area contributed by atoms with E-state index in [1.165, 1.54) is 11.8 Å². The lowest BCUT2D eigenvalue weighted by Crippen LogP contribution is -2.44.